The third-order valence-electron chi connectivity index (χ3n) is 4.09. The largest absolute Gasteiger partial charge is 0.492 e. The van der Waals surface area contributed by atoms with Crippen LogP contribution in [-0.2, 0) is 17.8 Å². The molecule has 0 fully saturated rings. The normalized spacial score (nSPS) is 10.4. The summed E-state index contributed by atoms with van der Waals surface area (Å²) in [6.45, 7) is 3.94. The molecule has 3 N–H and O–H groups in total. The van der Waals surface area contributed by atoms with Gasteiger partial charge in [-0.25, -0.2) is 0 Å². The first-order valence-electron chi connectivity index (χ1n) is 8.50. The van der Waals surface area contributed by atoms with Crippen molar-refractivity contribution in [3.63, 3.8) is 0 Å². The minimum absolute atomic E-state index is 0. The lowest BCUT2D eigenvalue weighted by atomic mass is 10.1. The van der Waals surface area contributed by atoms with Crippen LogP contribution in [0.15, 0.2) is 54.7 Å². The van der Waals surface area contributed by atoms with Crippen LogP contribution in [0.4, 0.5) is 5.69 Å². The van der Waals surface area contributed by atoms with Gasteiger partial charge in [0.1, 0.15) is 12.4 Å². The van der Waals surface area contributed by atoms with Crippen molar-refractivity contribution in [2.45, 2.75) is 19.9 Å². The molecule has 26 heavy (non-hydrogen) atoms. The molecule has 0 aliphatic rings. The first-order valence-corrected chi connectivity index (χ1v) is 8.50. The van der Waals surface area contributed by atoms with Gasteiger partial charge in [0, 0.05) is 35.9 Å². The predicted molar refractivity (Wildman–Crippen MR) is 108 cm³/mol. The number of ether oxygens (including phenoxy) is 1. The van der Waals surface area contributed by atoms with Crippen LogP contribution >= 0.6 is 12.4 Å². The topological polar surface area (TPSA) is 69.3 Å². The maximum absolute atomic E-state index is 12.4. The van der Waals surface area contributed by atoms with Crippen molar-refractivity contribution in [1.82, 2.24) is 4.57 Å². The zero-order valence-electron chi connectivity index (χ0n) is 14.8. The van der Waals surface area contributed by atoms with Crippen molar-refractivity contribution < 1.29 is 9.53 Å². The van der Waals surface area contributed by atoms with E-state index in [2.05, 4.69) is 35.1 Å². The molecular weight excluding hydrogens is 350 g/mol. The van der Waals surface area contributed by atoms with E-state index in [0.29, 0.717) is 19.6 Å². The average molecular weight is 374 g/mol. The van der Waals surface area contributed by atoms with Gasteiger partial charge >= 0.3 is 0 Å². The zero-order valence-corrected chi connectivity index (χ0v) is 15.6. The Morgan fingerprint density at radius 1 is 1.15 bits per heavy atom. The van der Waals surface area contributed by atoms with Gasteiger partial charge in [-0.05, 0) is 42.8 Å². The van der Waals surface area contributed by atoms with Crippen LogP contribution in [0.3, 0.4) is 0 Å². The highest BCUT2D eigenvalue weighted by atomic mass is 35.5. The second kappa shape index (κ2) is 9.27. The maximum atomic E-state index is 12.4. The van der Waals surface area contributed by atoms with E-state index >= 15 is 0 Å². The summed E-state index contributed by atoms with van der Waals surface area (Å²) >= 11 is 0. The van der Waals surface area contributed by atoms with E-state index in [9.17, 15) is 4.79 Å². The lowest BCUT2D eigenvalue weighted by Crippen LogP contribution is -2.14. The Hall–Kier alpha value is -2.50. The summed E-state index contributed by atoms with van der Waals surface area (Å²) in [7, 11) is 0. The molecule has 0 atom stereocenters. The third-order valence-corrected chi connectivity index (χ3v) is 4.09. The van der Waals surface area contributed by atoms with Crippen molar-refractivity contribution in [3.05, 3.63) is 60.3 Å². The summed E-state index contributed by atoms with van der Waals surface area (Å²) < 4.78 is 7.60. The van der Waals surface area contributed by atoms with Crippen LogP contribution < -0.4 is 15.8 Å². The molecule has 0 saturated heterocycles. The first-order chi connectivity index (χ1) is 12.2. The monoisotopic (exact) mass is 373 g/mol. The number of nitrogens with two attached hydrogens (primary N) is 1. The summed E-state index contributed by atoms with van der Waals surface area (Å²) in [5.74, 6) is 0.712. The highest BCUT2D eigenvalue weighted by Crippen LogP contribution is 2.22. The molecule has 5 nitrogen and oxygen atoms in total. The minimum atomic E-state index is -0.0327. The van der Waals surface area contributed by atoms with Crippen LogP contribution in [0.25, 0.3) is 10.9 Å². The number of aromatic nitrogens is 1. The number of nitrogens with one attached hydrogen (secondary N) is 1. The Morgan fingerprint density at radius 3 is 2.58 bits per heavy atom. The summed E-state index contributed by atoms with van der Waals surface area (Å²) in [6, 6.07) is 15.5. The molecule has 0 spiro atoms. The van der Waals surface area contributed by atoms with Gasteiger partial charge in [-0.15, -0.1) is 12.4 Å². The summed E-state index contributed by atoms with van der Waals surface area (Å²) in [5.41, 5.74) is 8.37. The van der Waals surface area contributed by atoms with E-state index < -0.39 is 0 Å². The van der Waals surface area contributed by atoms with E-state index in [1.165, 1.54) is 0 Å². The number of amides is 1. The van der Waals surface area contributed by atoms with Crippen LogP contribution in [0.1, 0.15) is 12.5 Å². The van der Waals surface area contributed by atoms with Gasteiger partial charge in [-0.1, -0.05) is 18.2 Å². The molecule has 6 heteroatoms. The first kappa shape index (κ1) is 19.8. The lowest BCUT2D eigenvalue weighted by molar-refractivity contribution is -0.115. The van der Waals surface area contributed by atoms with Crippen molar-refractivity contribution in [2.24, 2.45) is 5.73 Å². The van der Waals surface area contributed by atoms with Gasteiger partial charge in [0.05, 0.1) is 6.42 Å². The smallest absolute Gasteiger partial charge is 0.228 e. The molecule has 2 aromatic carbocycles. The van der Waals surface area contributed by atoms with Gasteiger partial charge < -0.3 is 20.4 Å². The van der Waals surface area contributed by atoms with Crippen LogP contribution in [-0.4, -0.2) is 23.6 Å². The van der Waals surface area contributed by atoms with E-state index in [1.807, 2.05) is 36.4 Å². The number of hydrogen-bond acceptors (Lipinski definition) is 3. The van der Waals surface area contributed by atoms with E-state index in [-0.39, 0.29) is 18.3 Å². The van der Waals surface area contributed by atoms with E-state index in [1.54, 1.807) is 0 Å². The average Bonchev–Trinajstić information content (AvgIpc) is 2.99. The van der Waals surface area contributed by atoms with Crippen molar-refractivity contribution in [3.8, 4) is 5.75 Å². The summed E-state index contributed by atoms with van der Waals surface area (Å²) in [4.78, 5) is 12.4. The molecule has 0 aliphatic carbocycles. The number of para-hydroxylation sites is 1. The molecule has 0 bridgehead atoms. The second-order valence-corrected chi connectivity index (χ2v) is 5.84. The number of rotatable bonds is 7. The summed E-state index contributed by atoms with van der Waals surface area (Å²) in [5, 5.41) is 4.07. The van der Waals surface area contributed by atoms with Gasteiger partial charge in [-0.3, -0.25) is 4.79 Å². The highest BCUT2D eigenvalue weighted by Gasteiger charge is 2.11. The number of halogens is 1. The van der Waals surface area contributed by atoms with Crippen molar-refractivity contribution >= 4 is 34.9 Å². The molecule has 0 aliphatic heterocycles. The second-order valence-electron chi connectivity index (χ2n) is 5.84. The third kappa shape index (κ3) is 4.56. The Balaban J connectivity index is 0.00000243. The zero-order chi connectivity index (χ0) is 17.6. The molecule has 1 amide bonds. The Kier molecular flexibility index (Phi) is 7.06. The number of fused-ring (bicyclic) bond motifs is 1. The number of nitrogens with zero attached hydrogens (tertiary/aromatic N) is 1. The Morgan fingerprint density at radius 2 is 1.88 bits per heavy atom. The fraction of sp³-hybridized carbons (Fsp3) is 0.250. The Labute approximate surface area is 159 Å². The SMILES string of the molecule is CCn1cc(CC(=O)Nc2ccc(OCCN)cc2)c2ccccc21.Cl. The highest BCUT2D eigenvalue weighted by molar-refractivity contribution is 5.96. The fourth-order valence-corrected chi connectivity index (χ4v) is 2.91. The van der Waals surface area contributed by atoms with Gasteiger partial charge in [0.2, 0.25) is 5.91 Å². The lowest BCUT2D eigenvalue weighted by Gasteiger charge is -2.07. The van der Waals surface area contributed by atoms with Crippen LogP contribution in [0.2, 0.25) is 0 Å². The van der Waals surface area contributed by atoms with Crippen LogP contribution in [0.5, 0.6) is 5.75 Å². The molecule has 1 aromatic heterocycles. The van der Waals surface area contributed by atoms with Gasteiger partial charge in [0.15, 0.2) is 0 Å². The van der Waals surface area contributed by atoms with Crippen molar-refractivity contribution in [2.75, 3.05) is 18.5 Å². The summed E-state index contributed by atoms with van der Waals surface area (Å²) in [6.07, 6.45) is 2.41. The molecule has 138 valence electrons. The van der Waals surface area contributed by atoms with E-state index in [0.717, 1.165) is 34.4 Å². The number of carbonyl (C=O) groups is 1. The van der Waals surface area contributed by atoms with E-state index in [4.69, 9.17) is 10.5 Å². The molecule has 3 aromatic rings. The van der Waals surface area contributed by atoms with Gasteiger partial charge in [-0.2, -0.15) is 0 Å². The molecular formula is C20H24ClN3O2. The molecule has 0 unspecified atom stereocenters. The number of benzene rings is 2. The fourth-order valence-electron chi connectivity index (χ4n) is 2.91. The number of hydrogen-bond donors (Lipinski definition) is 2. The number of carbonyl (C=O) groups excluding carboxylic acids is 1. The molecule has 0 saturated carbocycles. The molecule has 1 heterocycles. The quantitative estimate of drug-likeness (QED) is 0.664. The minimum Gasteiger partial charge on any atom is -0.492 e. The standard InChI is InChI=1S/C20H23N3O2.ClH/c1-2-23-14-15(18-5-3-4-6-19(18)23)13-20(24)22-16-7-9-17(10-8-16)25-12-11-21;/h3-10,14H,2,11-13,21H2,1H3,(H,22,24);1H. The van der Waals surface area contributed by atoms with Crippen LogP contribution in [0, 0.1) is 0 Å². The number of aryl methyl sites for hydroxylation is 1. The maximum Gasteiger partial charge on any atom is 0.228 e. The molecule has 0 radical (unpaired) electrons. The Bertz CT molecular complexity index is 859. The van der Waals surface area contributed by atoms with Gasteiger partial charge in [0.25, 0.3) is 0 Å². The van der Waals surface area contributed by atoms with Crippen molar-refractivity contribution in [1.29, 1.82) is 0 Å². The predicted octanol–water partition coefficient (Wildman–Crippen LogP) is 3.60. The molecule has 3 rings (SSSR count). The number of anilines is 1.